The second-order valence-electron chi connectivity index (χ2n) is 8.23. The number of fused-ring (bicyclic) bond motifs is 1. The second kappa shape index (κ2) is 9.10. The third-order valence-electron chi connectivity index (χ3n) is 5.76. The molecule has 9 nitrogen and oxygen atoms in total. The Morgan fingerprint density at radius 2 is 2.03 bits per heavy atom. The smallest absolute Gasteiger partial charge is 0.388 e. The number of methoxy groups -OCH3 is 1. The standard InChI is InChI=1S/C21H26F3N7O2/c1-12(2)31-15-8-18(26-9-14(15)27-19(31)11-32)28-17-4-6-25-20(29-17)30-7-5-16(33-3)13(10-30)21(22,23)24/h4,6,8-9,12-13,16,32H,5,7,10-11H2,1-3H3,(H,25,26,28,29)/t13-,16+/m0/s1. The molecule has 0 amide bonds. The fourth-order valence-corrected chi connectivity index (χ4v) is 4.21. The number of anilines is 3. The molecule has 0 spiro atoms. The minimum absolute atomic E-state index is 0.0784. The number of alkyl halides is 3. The lowest BCUT2D eigenvalue weighted by molar-refractivity contribution is -0.205. The molecule has 2 atom stereocenters. The van der Waals surface area contributed by atoms with Gasteiger partial charge in [0.15, 0.2) is 0 Å². The van der Waals surface area contributed by atoms with Crippen molar-refractivity contribution in [2.45, 2.75) is 45.2 Å². The van der Waals surface area contributed by atoms with Crippen molar-refractivity contribution < 1.29 is 23.0 Å². The quantitative estimate of drug-likeness (QED) is 0.571. The number of piperidine rings is 1. The van der Waals surface area contributed by atoms with E-state index >= 15 is 0 Å². The Morgan fingerprint density at radius 1 is 1.24 bits per heavy atom. The molecule has 4 heterocycles. The highest BCUT2D eigenvalue weighted by Gasteiger charge is 2.48. The molecule has 0 aromatic carbocycles. The number of aliphatic hydroxyl groups is 1. The molecule has 0 unspecified atom stereocenters. The van der Waals surface area contributed by atoms with Crippen LogP contribution in [0.3, 0.4) is 0 Å². The highest BCUT2D eigenvalue weighted by molar-refractivity contribution is 5.79. The molecule has 3 aromatic heterocycles. The highest BCUT2D eigenvalue weighted by Crippen LogP contribution is 2.36. The van der Waals surface area contributed by atoms with Crippen LogP contribution < -0.4 is 10.2 Å². The predicted octanol–water partition coefficient (Wildman–Crippen LogP) is 3.44. The van der Waals surface area contributed by atoms with E-state index in [1.807, 2.05) is 18.4 Å². The van der Waals surface area contributed by atoms with Crippen LogP contribution in [0.2, 0.25) is 0 Å². The molecule has 0 saturated carbocycles. The Bertz CT molecular complexity index is 1120. The van der Waals surface area contributed by atoms with Gasteiger partial charge in [0.1, 0.15) is 29.6 Å². The first-order valence-electron chi connectivity index (χ1n) is 10.6. The zero-order chi connectivity index (χ0) is 23.8. The van der Waals surface area contributed by atoms with E-state index in [1.54, 1.807) is 18.3 Å². The molecule has 0 radical (unpaired) electrons. The number of nitrogens with one attached hydrogen (secondary N) is 1. The van der Waals surface area contributed by atoms with Crippen molar-refractivity contribution in [1.29, 1.82) is 0 Å². The number of aliphatic hydroxyl groups excluding tert-OH is 1. The van der Waals surface area contributed by atoms with Crippen LogP contribution in [0.15, 0.2) is 24.5 Å². The summed E-state index contributed by atoms with van der Waals surface area (Å²) in [7, 11) is 1.30. The van der Waals surface area contributed by atoms with Gasteiger partial charge in [-0.2, -0.15) is 18.2 Å². The van der Waals surface area contributed by atoms with Gasteiger partial charge in [-0.05, 0) is 26.3 Å². The van der Waals surface area contributed by atoms with Crippen LogP contribution in [-0.2, 0) is 11.3 Å². The number of aromatic nitrogens is 5. The van der Waals surface area contributed by atoms with Crippen LogP contribution in [0.5, 0.6) is 0 Å². The zero-order valence-electron chi connectivity index (χ0n) is 18.5. The van der Waals surface area contributed by atoms with Crippen molar-refractivity contribution in [2.75, 3.05) is 30.4 Å². The van der Waals surface area contributed by atoms with Crippen molar-refractivity contribution in [3.05, 3.63) is 30.4 Å². The number of nitrogens with zero attached hydrogens (tertiary/aromatic N) is 6. The van der Waals surface area contributed by atoms with Gasteiger partial charge in [-0.25, -0.2) is 15.0 Å². The minimum Gasteiger partial charge on any atom is -0.388 e. The maximum Gasteiger partial charge on any atom is 0.395 e. The van der Waals surface area contributed by atoms with Gasteiger partial charge in [-0.3, -0.25) is 0 Å². The molecule has 2 N–H and O–H groups in total. The largest absolute Gasteiger partial charge is 0.395 e. The van der Waals surface area contributed by atoms with Gasteiger partial charge in [-0.15, -0.1) is 0 Å². The van der Waals surface area contributed by atoms with Crippen LogP contribution in [0.1, 0.15) is 32.1 Å². The summed E-state index contributed by atoms with van der Waals surface area (Å²) >= 11 is 0. The Balaban J connectivity index is 1.57. The minimum atomic E-state index is -4.37. The van der Waals surface area contributed by atoms with Crippen molar-refractivity contribution in [2.24, 2.45) is 5.92 Å². The summed E-state index contributed by atoms with van der Waals surface area (Å²) in [6.45, 7) is 3.88. The van der Waals surface area contributed by atoms with Crippen LogP contribution in [0.4, 0.5) is 30.8 Å². The summed E-state index contributed by atoms with van der Waals surface area (Å²) in [5.41, 5.74) is 1.45. The molecule has 178 valence electrons. The predicted molar refractivity (Wildman–Crippen MR) is 116 cm³/mol. The topological polar surface area (TPSA) is 101 Å². The monoisotopic (exact) mass is 465 g/mol. The van der Waals surface area contributed by atoms with Crippen molar-refractivity contribution in [1.82, 2.24) is 24.5 Å². The Kier molecular flexibility index (Phi) is 6.39. The summed E-state index contributed by atoms with van der Waals surface area (Å²) < 4.78 is 47.4. The number of rotatable bonds is 6. The third-order valence-corrected chi connectivity index (χ3v) is 5.76. The normalized spacial score (nSPS) is 19.5. The van der Waals surface area contributed by atoms with E-state index in [-0.39, 0.29) is 31.6 Å². The van der Waals surface area contributed by atoms with E-state index in [0.29, 0.717) is 29.5 Å². The van der Waals surface area contributed by atoms with Crippen LogP contribution in [0, 0.1) is 5.92 Å². The van der Waals surface area contributed by atoms with E-state index in [2.05, 4.69) is 25.3 Å². The average molecular weight is 465 g/mol. The summed E-state index contributed by atoms with van der Waals surface area (Å²) in [4.78, 5) is 18.9. The van der Waals surface area contributed by atoms with Gasteiger partial charge in [-0.1, -0.05) is 0 Å². The maximum atomic E-state index is 13.5. The van der Waals surface area contributed by atoms with Crippen LogP contribution >= 0.6 is 0 Å². The third kappa shape index (κ3) is 4.71. The number of imidazole rings is 1. The highest BCUT2D eigenvalue weighted by atomic mass is 19.4. The van der Waals surface area contributed by atoms with Gasteiger partial charge < -0.3 is 24.6 Å². The van der Waals surface area contributed by atoms with E-state index in [0.717, 1.165) is 5.52 Å². The van der Waals surface area contributed by atoms with Crippen molar-refractivity contribution in [3.63, 3.8) is 0 Å². The van der Waals surface area contributed by atoms with Gasteiger partial charge >= 0.3 is 6.18 Å². The molecule has 12 heteroatoms. The molecule has 33 heavy (non-hydrogen) atoms. The summed E-state index contributed by atoms with van der Waals surface area (Å²) in [6.07, 6.45) is -1.93. The molecule has 1 fully saturated rings. The first-order chi connectivity index (χ1) is 15.7. The fourth-order valence-electron chi connectivity index (χ4n) is 4.21. The number of pyridine rings is 1. The zero-order valence-corrected chi connectivity index (χ0v) is 18.5. The molecular weight excluding hydrogens is 439 g/mol. The lowest BCUT2D eigenvalue weighted by atomic mass is 9.94. The molecule has 1 saturated heterocycles. The molecule has 1 aliphatic rings. The number of hydrogen-bond donors (Lipinski definition) is 2. The van der Waals surface area contributed by atoms with E-state index < -0.39 is 18.2 Å². The lowest BCUT2D eigenvalue weighted by Crippen LogP contribution is -2.50. The van der Waals surface area contributed by atoms with Crippen molar-refractivity contribution in [3.8, 4) is 0 Å². The summed E-state index contributed by atoms with van der Waals surface area (Å²) in [5.74, 6) is 0.0335. The van der Waals surface area contributed by atoms with Gasteiger partial charge in [0, 0.05) is 38.5 Å². The second-order valence-corrected chi connectivity index (χ2v) is 8.23. The average Bonchev–Trinajstić information content (AvgIpc) is 3.16. The number of ether oxygens (including phenoxy) is 1. The first kappa shape index (κ1) is 23.2. The summed E-state index contributed by atoms with van der Waals surface area (Å²) in [6, 6.07) is 3.50. The van der Waals surface area contributed by atoms with Gasteiger partial charge in [0.25, 0.3) is 0 Å². The Morgan fingerprint density at radius 3 is 2.70 bits per heavy atom. The molecule has 4 rings (SSSR count). The van der Waals surface area contributed by atoms with E-state index in [4.69, 9.17) is 4.74 Å². The SMILES string of the molecule is CO[C@@H]1CCN(c2nccc(Nc3cc4c(cn3)nc(CO)n4C(C)C)n2)C[C@@H]1C(F)(F)F. The van der Waals surface area contributed by atoms with Gasteiger partial charge in [0.05, 0.1) is 23.7 Å². The van der Waals surface area contributed by atoms with E-state index in [1.165, 1.54) is 18.2 Å². The molecule has 3 aromatic rings. The van der Waals surface area contributed by atoms with Crippen LogP contribution in [0.25, 0.3) is 11.0 Å². The first-order valence-corrected chi connectivity index (χ1v) is 10.6. The molecule has 1 aliphatic heterocycles. The Labute approximate surface area is 188 Å². The van der Waals surface area contributed by atoms with Gasteiger partial charge in [0.2, 0.25) is 5.95 Å². The van der Waals surface area contributed by atoms with Crippen molar-refractivity contribution >= 4 is 28.6 Å². The fraction of sp³-hybridized carbons (Fsp3) is 0.524. The molecular formula is C21H26F3N7O2. The molecule has 0 aliphatic carbocycles. The van der Waals surface area contributed by atoms with Crippen LogP contribution in [-0.4, -0.2) is 62.1 Å². The number of halogens is 3. The van der Waals surface area contributed by atoms with E-state index in [9.17, 15) is 18.3 Å². The Hall–Kier alpha value is -2.99. The summed E-state index contributed by atoms with van der Waals surface area (Å²) in [5, 5.41) is 12.7. The molecule has 0 bridgehead atoms. The maximum absolute atomic E-state index is 13.5. The lowest BCUT2D eigenvalue weighted by Gasteiger charge is -2.38. The number of hydrogen-bond acceptors (Lipinski definition) is 8.